The van der Waals surface area contributed by atoms with E-state index in [4.69, 9.17) is 5.11 Å². The van der Waals surface area contributed by atoms with Crippen LogP contribution in [0.25, 0.3) is 0 Å². The number of nitrogens with zero attached hydrogens (tertiary/aromatic N) is 1. The van der Waals surface area contributed by atoms with Crippen molar-refractivity contribution in [3.63, 3.8) is 0 Å². The molecule has 0 aliphatic carbocycles. The maximum absolute atomic E-state index is 12.6. The van der Waals surface area contributed by atoms with E-state index in [1.54, 1.807) is 0 Å². The normalized spacial score (nSPS) is 29.2. The van der Waals surface area contributed by atoms with E-state index in [1.165, 1.54) is 41.8 Å². The Morgan fingerprint density at radius 2 is 2.00 bits per heavy atom. The van der Waals surface area contributed by atoms with Crippen molar-refractivity contribution in [2.75, 3.05) is 13.1 Å². The van der Waals surface area contributed by atoms with Gasteiger partial charge in [0.25, 0.3) is 0 Å². The number of carboxylic acids is 2. The number of aliphatic hydroxyl groups excluding tert-OH is 1. The van der Waals surface area contributed by atoms with Gasteiger partial charge in [-0.15, -0.1) is 11.8 Å². The molecule has 2 fully saturated rings. The Morgan fingerprint density at radius 1 is 1.29 bits per heavy atom. The third-order valence-corrected chi connectivity index (χ3v) is 9.63. The number of hydrogen-bond acceptors (Lipinski definition) is 8. The smallest absolute Gasteiger partial charge is 0.353 e. The largest absolute Gasteiger partial charge is 0.478 e. The van der Waals surface area contributed by atoms with Gasteiger partial charge in [0, 0.05) is 35.2 Å². The molecule has 0 spiro atoms. The van der Waals surface area contributed by atoms with Gasteiger partial charge >= 0.3 is 11.9 Å². The molecule has 2 unspecified atom stereocenters. The van der Waals surface area contributed by atoms with Gasteiger partial charge in [-0.25, -0.2) is 22.7 Å². The average molecular weight is 526 g/mol. The summed E-state index contributed by atoms with van der Waals surface area (Å²) in [7, 11) is -3.91. The number of thioether (sulfide) groups is 1. The molecule has 4 rings (SSSR count). The summed E-state index contributed by atoms with van der Waals surface area (Å²) in [6, 6.07) is 4.51. The van der Waals surface area contributed by atoms with Gasteiger partial charge in [0.1, 0.15) is 5.70 Å². The maximum Gasteiger partial charge on any atom is 0.353 e. The van der Waals surface area contributed by atoms with Gasteiger partial charge in [0.2, 0.25) is 15.9 Å². The molecule has 3 heterocycles. The molecule has 5 N–H and O–H groups in total. The van der Waals surface area contributed by atoms with E-state index in [0.717, 1.165) is 6.07 Å². The number of carbonyl (C=O) groups excluding carboxylic acids is 1. The number of aromatic carboxylic acids is 1. The van der Waals surface area contributed by atoms with E-state index in [0.29, 0.717) is 17.9 Å². The molecule has 3 aliphatic heterocycles. The molecule has 35 heavy (non-hydrogen) atoms. The van der Waals surface area contributed by atoms with Crippen LogP contribution in [-0.2, 0) is 19.6 Å². The first-order valence-electron chi connectivity index (χ1n) is 11.1. The second-order valence-corrected chi connectivity index (χ2v) is 12.1. The maximum atomic E-state index is 12.6. The van der Waals surface area contributed by atoms with Crippen LogP contribution < -0.4 is 10.0 Å². The van der Waals surface area contributed by atoms with Gasteiger partial charge in [-0.2, -0.15) is 0 Å². The van der Waals surface area contributed by atoms with Crippen molar-refractivity contribution >= 4 is 39.6 Å². The van der Waals surface area contributed by atoms with Crippen LogP contribution in [-0.4, -0.2) is 83.0 Å². The molecule has 0 bridgehead atoms. The zero-order valence-corrected chi connectivity index (χ0v) is 20.7. The summed E-state index contributed by atoms with van der Waals surface area (Å²) in [5.41, 5.74) is -0.158. The van der Waals surface area contributed by atoms with Crippen LogP contribution in [0, 0.1) is 11.8 Å². The molecule has 0 radical (unpaired) electrons. The van der Waals surface area contributed by atoms with E-state index in [-0.39, 0.29) is 51.9 Å². The number of aliphatic carboxylic acids is 1. The highest BCUT2D eigenvalue weighted by Crippen LogP contribution is 2.51. The van der Waals surface area contributed by atoms with E-state index >= 15 is 0 Å². The molecule has 13 heteroatoms. The Kier molecular flexibility index (Phi) is 6.99. The van der Waals surface area contributed by atoms with Crippen molar-refractivity contribution < 1.29 is 38.1 Å². The lowest BCUT2D eigenvalue weighted by Gasteiger charge is -2.46. The van der Waals surface area contributed by atoms with Crippen LogP contribution in [0.4, 0.5) is 0 Å². The fourth-order valence-corrected chi connectivity index (χ4v) is 7.62. The summed E-state index contributed by atoms with van der Waals surface area (Å²) in [6.45, 7) is 3.99. The number of nitrogens with one attached hydrogen (secondary N) is 2. The van der Waals surface area contributed by atoms with Gasteiger partial charge < -0.3 is 25.5 Å². The first-order chi connectivity index (χ1) is 16.4. The van der Waals surface area contributed by atoms with Crippen molar-refractivity contribution in [2.45, 2.75) is 48.6 Å². The number of β-lactam (4-membered cyclic amide) rings is 1. The first kappa shape index (κ1) is 25.6. The van der Waals surface area contributed by atoms with Gasteiger partial charge in [0.15, 0.2) is 0 Å². The third-order valence-electron chi connectivity index (χ3n) is 6.70. The molecule has 1 aromatic rings. The lowest BCUT2D eigenvalue weighted by atomic mass is 9.79. The zero-order chi connectivity index (χ0) is 25.7. The van der Waals surface area contributed by atoms with Crippen molar-refractivity contribution in [1.29, 1.82) is 0 Å². The highest BCUT2D eigenvalue weighted by Gasteiger charge is 2.60. The molecular formula is C22H27N3O8S2. The number of rotatable bonds is 9. The summed E-state index contributed by atoms with van der Waals surface area (Å²) in [5.74, 6) is -3.64. The van der Waals surface area contributed by atoms with Crippen molar-refractivity contribution in [2.24, 2.45) is 11.8 Å². The molecule has 2 saturated heterocycles. The van der Waals surface area contributed by atoms with Crippen molar-refractivity contribution in [3.8, 4) is 0 Å². The van der Waals surface area contributed by atoms with Gasteiger partial charge in [0.05, 0.1) is 28.5 Å². The minimum Gasteiger partial charge on any atom is -0.478 e. The monoisotopic (exact) mass is 525 g/mol. The number of fused-ring (bicyclic) bond motifs is 1. The SMILES string of the molecule is C[C@@H](O)C1C(=O)N2C(C(=O)O)=C(S[C@H]3CN[C@H](CNS(=O)(=O)c4cccc(C(=O)O)c4)C3)[C@H](C)C12. The molecule has 1 aromatic carbocycles. The van der Waals surface area contributed by atoms with Crippen molar-refractivity contribution in [3.05, 3.63) is 40.4 Å². The van der Waals surface area contributed by atoms with Crippen LogP contribution in [0.3, 0.4) is 0 Å². The molecule has 11 nitrogen and oxygen atoms in total. The highest BCUT2D eigenvalue weighted by atomic mass is 32.2. The predicted octanol–water partition coefficient (Wildman–Crippen LogP) is 0.281. The number of carboxylic acid groups (broad SMARTS) is 2. The predicted molar refractivity (Wildman–Crippen MR) is 126 cm³/mol. The van der Waals surface area contributed by atoms with E-state index < -0.39 is 34.0 Å². The lowest BCUT2D eigenvalue weighted by Crippen LogP contribution is -2.63. The molecule has 1 amide bonds. The molecule has 190 valence electrons. The van der Waals surface area contributed by atoms with Crippen LogP contribution >= 0.6 is 11.8 Å². The molecular weight excluding hydrogens is 498 g/mol. The van der Waals surface area contributed by atoms with E-state index in [9.17, 15) is 33.0 Å². The molecule has 0 aromatic heterocycles. The van der Waals surface area contributed by atoms with E-state index in [1.807, 2.05) is 6.92 Å². The lowest BCUT2D eigenvalue weighted by molar-refractivity contribution is -0.163. The second kappa shape index (κ2) is 9.54. The Bertz CT molecular complexity index is 1200. The quantitative estimate of drug-likeness (QED) is 0.282. The van der Waals surface area contributed by atoms with E-state index in [2.05, 4.69) is 10.0 Å². The fourth-order valence-electron chi connectivity index (χ4n) is 4.98. The van der Waals surface area contributed by atoms with Crippen LogP contribution in [0.2, 0.25) is 0 Å². The highest BCUT2D eigenvalue weighted by molar-refractivity contribution is 8.03. The summed E-state index contributed by atoms with van der Waals surface area (Å²) in [4.78, 5) is 37.3. The number of hydrogen-bond donors (Lipinski definition) is 5. The fraction of sp³-hybridized carbons (Fsp3) is 0.500. The van der Waals surface area contributed by atoms with Gasteiger partial charge in [-0.05, 0) is 31.5 Å². The summed E-state index contributed by atoms with van der Waals surface area (Å²) < 4.78 is 27.7. The molecule has 0 saturated carbocycles. The first-order valence-corrected chi connectivity index (χ1v) is 13.5. The number of benzene rings is 1. The Balaban J connectivity index is 1.40. The Morgan fingerprint density at radius 3 is 2.63 bits per heavy atom. The molecule has 3 aliphatic rings. The minimum absolute atomic E-state index is 0.0307. The number of carbonyl (C=O) groups is 3. The van der Waals surface area contributed by atoms with Crippen LogP contribution in [0.5, 0.6) is 0 Å². The number of sulfonamides is 1. The molecule has 6 atom stereocenters. The Hall–Kier alpha value is -2.45. The van der Waals surface area contributed by atoms with Crippen LogP contribution in [0.15, 0.2) is 39.8 Å². The summed E-state index contributed by atoms with van der Waals surface area (Å²) in [5, 5.41) is 32.0. The minimum atomic E-state index is -3.91. The Labute approximate surface area is 206 Å². The van der Waals surface area contributed by atoms with Gasteiger partial charge in [-0.3, -0.25) is 4.79 Å². The summed E-state index contributed by atoms with van der Waals surface area (Å²) >= 11 is 1.38. The third kappa shape index (κ3) is 4.70. The van der Waals surface area contributed by atoms with Crippen molar-refractivity contribution in [1.82, 2.24) is 14.9 Å². The van der Waals surface area contributed by atoms with Gasteiger partial charge in [-0.1, -0.05) is 13.0 Å². The average Bonchev–Trinajstić information content (AvgIpc) is 3.33. The second-order valence-electron chi connectivity index (χ2n) is 9.04. The topological polar surface area (TPSA) is 173 Å². The number of aliphatic hydroxyl groups is 1. The summed E-state index contributed by atoms with van der Waals surface area (Å²) in [6.07, 6.45) is -0.309. The zero-order valence-electron chi connectivity index (χ0n) is 19.0. The number of amides is 1. The van der Waals surface area contributed by atoms with Crippen LogP contribution in [0.1, 0.15) is 30.6 Å². The standard InChI is InChI=1S/C22H27N3O8S2/c1-10-17-16(11(2)26)20(27)25(17)18(22(30)31)19(10)34-14-7-13(23-9-14)8-24-35(32,33)15-5-3-4-12(6-15)21(28)29/h3-6,10-11,13-14,16-17,23-24,26H,7-9H2,1-2H3,(H,28,29)(H,30,31)/t10-,11-,13+,14-,16?,17?/m1/s1.